The third-order valence-corrected chi connectivity index (χ3v) is 3.87. The minimum atomic E-state index is 0.604. The van der Waals surface area contributed by atoms with Gasteiger partial charge in [-0.2, -0.15) is 4.98 Å². The van der Waals surface area contributed by atoms with Gasteiger partial charge >= 0.3 is 0 Å². The molecule has 0 saturated heterocycles. The van der Waals surface area contributed by atoms with Crippen LogP contribution in [0.4, 0.5) is 0 Å². The Bertz CT molecular complexity index is 750. The van der Waals surface area contributed by atoms with Gasteiger partial charge in [0.25, 0.3) is 0 Å². The Kier molecular flexibility index (Phi) is 5.05. The molecule has 3 aromatic rings. The van der Waals surface area contributed by atoms with Gasteiger partial charge in [-0.15, -0.1) is 0 Å². The summed E-state index contributed by atoms with van der Waals surface area (Å²) in [4.78, 5) is 9.91. The monoisotopic (exact) mass is 314 g/mol. The van der Waals surface area contributed by atoms with E-state index in [1.54, 1.807) is 7.11 Å². The van der Waals surface area contributed by atoms with Crippen molar-refractivity contribution in [1.82, 2.24) is 20.0 Å². The van der Waals surface area contributed by atoms with Crippen LogP contribution in [0.3, 0.4) is 0 Å². The standard InChI is InChI=1S/C17H22N4O2/c1-3-21(12-17-19-16(20-23-17)7-9-22-2)11-13-4-5-15-14(10-13)6-8-18-15/h4-6,8,10,18H,3,7,9,11-12H2,1-2H3. The van der Waals surface area contributed by atoms with Gasteiger partial charge in [-0.1, -0.05) is 18.1 Å². The van der Waals surface area contributed by atoms with E-state index in [9.17, 15) is 0 Å². The molecule has 1 aromatic carbocycles. The van der Waals surface area contributed by atoms with Gasteiger partial charge in [0.15, 0.2) is 5.82 Å². The van der Waals surface area contributed by atoms with E-state index in [0.29, 0.717) is 31.3 Å². The molecule has 0 saturated carbocycles. The van der Waals surface area contributed by atoms with E-state index in [2.05, 4.69) is 51.2 Å². The summed E-state index contributed by atoms with van der Waals surface area (Å²) in [5, 5.41) is 5.22. The number of hydrogen-bond donors (Lipinski definition) is 1. The number of aromatic amines is 1. The predicted molar refractivity (Wildman–Crippen MR) is 88.0 cm³/mol. The molecule has 0 unspecified atom stereocenters. The molecule has 0 aliphatic rings. The lowest BCUT2D eigenvalue weighted by atomic mass is 10.1. The Morgan fingerprint density at radius 2 is 2.17 bits per heavy atom. The number of fused-ring (bicyclic) bond motifs is 1. The van der Waals surface area contributed by atoms with Crippen LogP contribution in [0.5, 0.6) is 0 Å². The molecule has 0 aliphatic carbocycles. The molecule has 0 radical (unpaired) electrons. The van der Waals surface area contributed by atoms with Crippen molar-refractivity contribution >= 4 is 10.9 Å². The maximum absolute atomic E-state index is 5.33. The van der Waals surface area contributed by atoms with Crippen LogP contribution >= 0.6 is 0 Å². The highest BCUT2D eigenvalue weighted by Gasteiger charge is 2.11. The minimum absolute atomic E-state index is 0.604. The highest BCUT2D eigenvalue weighted by Crippen LogP contribution is 2.16. The second-order valence-corrected chi connectivity index (χ2v) is 5.55. The molecule has 6 heteroatoms. The van der Waals surface area contributed by atoms with Crippen LogP contribution in [0.1, 0.15) is 24.2 Å². The zero-order chi connectivity index (χ0) is 16.1. The highest BCUT2D eigenvalue weighted by molar-refractivity contribution is 5.79. The lowest BCUT2D eigenvalue weighted by molar-refractivity contribution is 0.199. The van der Waals surface area contributed by atoms with Gasteiger partial charge < -0.3 is 14.2 Å². The van der Waals surface area contributed by atoms with Crippen LogP contribution in [-0.4, -0.2) is 40.3 Å². The first-order chi connectivity index (χ1) is 11.3. The zero-order valence-electron chi connectivity index (χ0n) is 13.6. The summed E-state index contributed by atoms with van der Waals surface area (Å²) >= 11 is 0. The molecule has 6 nitrogen and oxygen atoms in total. The van der Waals surface area contributed by atoms with E-state index >= 15 is 0 Å². The molecule has 3 rings (SSSR count). The average molecular weight is 314 g/mol. The summed E-state index contributed by atoms with van der Waals surface area (Å²) in [5.41, 5.74) is 2.44. The number of nitrogens with zero attached hydrogens (tertiary/aromatic N) is 3. The van der Waals surface area contributed by atoms with Crippen molar-refractivity contribution in [1.29, 1.82) is 0 Å². The van der Waals surface area contributed by atoms with Crippen molar-refractivity contribution in [2.75, 3.05) is 20.3 Å². The van der Waals surface area contributed by atoms with Crippen molar-refractivity contribution in [2.45, 2.75) is 26.4 Å². The Hall–Kier alpha value is -2.18. The molecule has 0 atom stereocenters. The maximum atomic E-state index is 5.33. The summed E-state index contributed by atoms with van der Waals surface area (Å²) in [7, 11) is 1.67. The minimum Gasteiger partial charge on any atom is -0.384 e. The summed E-state index contributed by atoms with van der Waals surface area (Å²) in [6, 6.07) is 8.58. The smallest absolute Gasteiger partial charge is 0.240 e. The van der Waals surface area contributed by atoms with Crippen LogP contribution in [0, 0.1) is 0 Å². The van der Waals surface area contributed by atoms with Gasteiger partial charge in [-0.05, 0) is 35.7 Å². The molecule has 2 aromatic heterocycles. The first kappa shape index (κ1) is 15.7. The van der Waals surface area contributed by atoms with Gasteiger partial charge in [-0.3, -0.25) is 4.90 Å². The highest BCUT2D eigenvalue weighted by atomic mass is 16.5. The van der Waals surface area contributed by atoms with Gasteiger partial charge in [0.1, 0.15) is 0 Å². The predicted octanol–water partition coefficient (Wildman–Crippen LogP) is 2.76. The number of rotatable bonds is 8. The molecular weight excluding hydrogens is 292 g/mol. The quantitative estimate of drug-likeness (QED) is 0.692. The Morgan fingerprint density at radius 1 is 1.26 bits per heavy atom. The average Bonchev–Trinajstić information content (AvgIpc) is 3.20. The first-order valence-corrected chi connectivity index (χ1v) is 7.87. The summed E-state index contributed by atoms with van der Waals surface area (Å²) in [6.07, 6.45) is 2.64. The number of benzene rings is 1. The number of methoxy groups -OCH3 is 1. The van der Waals surface area contributed by atoms with Crippen molar-refractivity contribution in [3.05, 3.63) is 47.7 Å². The van der Waals surface area contributed by atoms with Gasteiger partial charge in [0, 0.05) is 31.8 Å². The van der Waals surface area contributed by atoms with Crippen LogP contribution in [0.15, 0.2) is 35.0 Å². The summed E-state index contributed by atoms with van der Waals surface area (Å²) in [5.74, 6) is 1.35. The third-order valence-electron chi connectivity index (χ3n) is 3.87. The molecule has 1 N–H and O–H groups in total. The number of nitrogens with one attached hydrogen (secondary N) is 1. The fraction of sp³-hybridized carbons (Fsp3) is 0.412. The van der Waals surface area contributed by atoms with Crippen molar-refractivity contribution < 1.29 is 9.26 Å². The third kappa shape index (κ3) is 3.97. The second-order valence-electron chi connectivity index (χ2n) is 5.55. The van der Waals surface area contributed by atoms with Crippen molar-refractivity contribution in [3.63, 3.8) is 0 Å². The molecular formula is C17H22N4O2. The van der Waals surface area contributed by atoms with Crippen LogP contribution in [0.25, 0.3) is 10.9 Å². The van der Waals surface area contributed by atoms with E-state index in [1.165, 1.54) is 10.9 Å². The van der Waals surface area contributed by atoms with Crippen molar-refractivity contribution in [3.8, 4) is 0 Å². The number of H-pyrrole nitrogens is 1. The molecule has 2 heterocycles. The molecule has 0 bridgehead atoms. The fourth-order valence-electron chi connectivity index (χ4n) is 2.58. The van der Waals surface area contributed by atoms with E-state index in [1.807, 2.05) is 6.20 Å². The van der Waals surface area contributed by atoms with E-state index in [0.717, 1.165) is 18.6 Å². The Morgan fingerprint density at radius 3 is 3.00 bits per heavy atom. The lowest BCUT2D eigenvalue weighted by Crippen LogP contribution is -2.22. The van der Waals surface area contributed by atoms with Gasteiger partial charge in [0.05, 0.1) is 13.2 Å². The van der Waals surface area contributed by atoms with E-state index < -0.39 is 0 Å². The molecule has 122 valence electrons. The first-order valence-electron chi connectivity index (χ1n) is 7.87. The normalized spacial score (nSPS) is 11.6. The van der Waals surface area contributed by atoms with Crippen molar-refractivity contribution in [2.24, 2.45) is 0 Å². The molecule has 0 aliphatic heterocycles. The second kappa shape index (κ2) is 7.39. The van der Waals surface area contributed by atoms with Crippen LogP contribution in [0.2, 0.25) is 0 Å². The molecule has 0 fully saturated rings. The molecule has 23 heavy (non-hydrogen) atoms. The fourth-order valence-corrected chi connectivity index (χ4v) is 2.58. The van der Waals surface area contributed by atoms with Crippen LogP contribution in [-0.2, 0) is 24.2 Å². The topological polar surface area (TPSA) is 67.2 Å². The molecule has 0 amide bonds. The zero-order valence-corrected chi connectivity index (χ0v) is 13.6. The van der Waals surface area contributed by atoms with Crippen LogP contribution < -0.4 is 0 Å². The number of aromatic nitrogens is 3. The summed E-state index contributed by atoms with van der Waals surface area (Å²) < 4.78 is 10.4. The Balaban J connectivity index is 1.63. The Labute approximate surface area is 135 Å². The SMILES string of the molecule is CCN(Cc1ccc2[nH]ccc2c1)Cc1nc(CCOC)no1. The number of ether oxygens (including phenoxy) is 1. The lowest BCUT2D eigenvalue weighted by Gasteiger charge is -2.18. The molecule has 0 spiro atoms. The number of hydrogen-bond acceptors (Lipinski definition) is 5. The largest absolute Gasteiger partial charge is 0.384 e. The van der Waals surface area contributed by atoms with Gasteiger partial charge in [-0.25, -0.2) is 0 Å². The van der Waals surface area contributed by atoms with Gasteiger partial charge in [0.2, 0.25) is 5.89 Å². The van der Waals surface area contributed by atoms with E-state index in [4.69, 9.17) is 9.26 Å². The maximum Gasteiger partial charge on any atom is 0.240 e. The van der Waals surface area contributed by atoms with E-state index in [-0.39, 0.29) is 0 Å². The summed E-state index contributed by atoms with van der Waals surface area (Å²) in [6.45, 7) is 5.17.